The van der Waals surface area contributed by atoms with Gasteiger partial charge >= 0.3 is 5.97 Å². The van der Waals surface area contributed by atoms with Crippen LogP contribution in [0.5, 0.6) is 0 Å². The van der Waals surface area contributed by atoms with Crippen LogP contribution < -0.4 is 5.32 Å². The summed E-state index contributed by atoms with van der Waals surface area (Å²) in [6.07, 6.45) is -0.489. The van der Waals surface area contributed by atoms with E-state index in [1.54, 1.807) is 0 Å². The SMILES string of the molecule is CC(OC(=O)c1ccc(Cl)c(S(C)(=O)=O)c1)C(=O)Nc1c(F)cccc1F. The molecule has 0 heterocycles. The first-order chi connectivity index (χ1) is 12.5. The second-order valence-corrected chi connectivity index (χ2v) is 7.94. The third-order valence-electron chi connectivity index (χ3n) is 3.43. The fraction of sp³-hybridized carbons (Fsp3) is 0.176. The van der Waals surface area contributed by atoms with E-state index in [1.807, 2.05) is 5.32 Å². The lowest BCUT2D eigenvalue weighted by molar-refractivity contribution is -0.123. The summed E-state index contributed by atoms with van der Waals surface area (Å²) in [7, 11) is -3.69. The Bertz CT molecular complexity index is 990. The molecule has 0 aliphatic heterocycles. The fourth-order valence-electron chi connectivity index (χ4n) is 2.04. The number of anilines is 1. The van der Waals surface area contributed by atoms with Crippen LogP contribution >= 0.6 is 11.6 Å². The van der Waals surface area contributed by atoms with Crippen LogP contribution in [-0.4, -0.2) is 32.7 Å². The Labute approximate surface area is 159 Å². The number of ether oxygens (including phenoxy) is 1. The van der Waals surface area contributed by atoms with Gasteiger partial charge in [0.2, 0.25) is 0 Å². The number of esters is 1. The zero-order valence-corrected chi connectivity index (χ0v) is 15.7. The molecule has 0 aromatic heterocycles. The van der Waals surface area contributed by atoms with Crippen molar-refractivity contribution in [3.05, 3.63) is 58.6 Å². The Balaban J connectivity index is 2.15. The predicted octanol–water partition coefficient (Wildman–Crippen LogP) is 3.21. The van der Waals surface area contributed by atoms with E-state index in [4.69, 9.17) is 16.3 Å². The van der Waals surface area contributed by atoms with Gasteiger partial charge in [-0.25, -0.2) is 22.0 Å². The van der Waals surface area contributed by atoms with Gasteiger partial charge in [-0.3, -0.25) is 4.79 Å². The van der Waals surface area contributed by atoms with Crippen LogP contribution in [0, 0.1) is 11.6 Å². The lowest BCUT2D eigenvalue weighted by atomic mass is 10.2. The molecule has 27 heavy (non-hydrogen) atoms. The van der Waals surface area contributed by atoms with E-state index in [9.17, 15) is 26.8 Å². The van der Waals surface area contributed by atoms with Crippen LogP contribution in [0.4, 0.5) is 14.5 Å². The minimum Gasteiger partial charge on any atom is -0.449 e. The molecule has 1 N–H and O–H groups in total. The summed E-state index contributed by atoms with van der Waals surface area (Å²) in [6.45, 7) is 1.19. The summed E-state index contributed by atoms with van der Waals surface area (Å²) in [4.78, 5) is 23.9. The van der Waals surface area contributed by atoms with Gasteiger partial charge in [0, 0.05) is 6.26 Å². The number of sulfone groups is 1. The number of rotatable bonds is 5. The minimum atomic E-state index is -3.69. The minimum absolute atomic E-state index is 0.0742. The number of para-hydroxylation sites is 1. The molecule has 6 nitrogen and oxygen atoms in total. The average Bonchev–Trinajstić information content (AvgIpc) is 2.57. The van der Waals surface area contributed by atoms with Crippen molar-refractivity contribution in [1.29, 1.82) is 0 Å². The van der Waals surface area contributed by atoms with Gasteiger partial charge in [0.15, 0.2) is 15.9 Å². The molecule has 0 aliphatic rings. The summed E-state index contributed by atoms with van der Waals surface area (Å²) < 4.78 is 55.4. The molecule has 144 valence electrons. The summed E-state index contributed by atoms with van der Waals surface area (Å²) in [5, 5.41) is 1.92. The van der Waals surface area contributed by atoms with Gasteiger partial charge in [-0.05, 0) is 37.3 Å². The Hall–Kier alpha value is -2.52. The Morgan fingerprint density at radius 1 is 1.15 bits per heavy atom. The lowest BCUT2D eigenvalue weighted by Gasteiger charge is -2.14. The smallest absolute Gasteiger partial charge is 0.338 e. The molecule has 0 spiro atoms. The highest BCUT2D eigenvalue weighted by molar-refractivity contribution is 7.90. The molecule has 2 rings (SSSR count). The van der Waals surface area contributed by atoms with E-state index in [0.29, 0.717) is 0 Å². The number of hydrogen-bond donors (Lipinski definition) is 1. The Morgan fingerprint density at radius 3 is 2.30 bits per heavy atom. The monoisotopic (exact) mass is 417 g/mol. The zero-order chi connectivity index (χ0) is 20.4. The average molecular weight is 418 g/mol. The molecular weight excluding hydrogens is 404 g/mol. The number of carbonyl (C=O) groups is 2. The molecule has 2 aromatic carbocycles. The highest BCUT2D eigenvalue weighted by Gasteiger charge is 2.23. The van der Waals surface area contributed by atoms with Crippen LogP contribution in [0.3, 0.4) is 0 Å². The van der Waals surface area contributed by atoms with E-state index in [-0.39, 0.29) is 15.5 Å². The maximum Gasteiger partial charge on any atom is 0.338 e. The second kappa shape index (κ2) is 8.01. The quantitative estimate of drug-likeness (QED) is 0.754. The van der Waals surface area contributed by atoms with Crippen molar-refractivity contribution >= 4 is 39.0 Å². The van der Waals surface area contributed by atoms with Crippen LogP contribution in [0.15, 0.2) is 41.3 Å². The normalized spacial score (nSPS) is 12.3. The summed E-state index contributed by atoms with van der Waals surface area (Å²) in [5.74, 6) is -3.95. The molecule has 1 amide bonds. The Morgan fingerprint density at radius 2 is 1.74 bits per heavy atom. The van der Waals surface area contributed by atoms with Gasteiger partial charge in [-0.15, -0.1) is 0 Å². The van der Waals surface area contributed by atoms with Gasteiger partial charge in [0.1, 0.15) is 17.3 Å². The van der Waals surface area contributed by atoms with Crippen molar-refractivity contribution in [3.8, 4) is 0 Å². The van der Waals surface area contributed by atoms with Gasteiger partial charge in [0.05, 0.1) is 15.5 Å². The number of nitrogens with one attached hydrogen (secondary N) is 1. The molecule has 2 aromatic rings. The lowest BCUT2D eigenvalue weighted by Crippen LogP contribution is -2.30. The van der Waals surface area contributed by atoms with Crippen LogP contribution in [0.25, 0.3) is 0 Å². The zero-order valence-electron chi connectivity index (χ0n) is 14.1. The summed E-state index contributed by atoms with van der Waals surface area (Å²) >= 11 is 5.80. The summed E-state index contributed by atoms with van der Waals surface area (Å²) in [5.41, 5.74) is -0.826. The molecule has 0 saturated carbocycles. The van der Waals surface area contributed by atoms with Crippen molar-refractivity contribution in [2.45, 2.75) is 17.9 Å². The predicted molar refractivity (Wildman–Crippen MR) is 94.4 cm³/mol. The molecular formula is C17H14ClF2NO5S. The molecule has 1 unspecified atom stereocenters. The first-order valence-corrected chi connectivity index (χ1v) is 9.73. The number of amides is 1. The van der Waals surface area contributed by atoms with Gasteiger partial charge in [0.25, 0.3) is 5.91 Å². The topological polar surface area (TPSA) is 89.5 Å². The van der Waals surface area contributed by atoms with Gasteiger partial charge < -0.3 is 10.1 Å². The van der Waals surface area contributed by atoms with Crippen molar-refractivity contribution in [3.63, 3.8) is 0 Å². The van der Waals surface area contributed by atoms with Crippen molar-refractivity contribution in [2.24, 2.45) is 0 Å². The third kappa shape index (κ3) is 5.01. The summed E-state index contributed by atoms with van der Waals surface area (Å²) in [6, 6.07) is 6.48. The first kappa shape index (κ1) is 20.8. The highest BCUT2D eigenvalue weighted by atomic mass is 35.5. The number of benzene rings is 2. The standard InChI is InChI=1S/C17H14ClF2NO5S/c1-9(16(22)21-15-12(19)4-3-5-13(15)20)26-17(23)10-6-7-11(18)14(8-10)27(2,24)25/h3-9H,1-2H3,(H,21,22). The van der Waals surface area contributed by atoms with Crippen molar-refractivity contribution in [2.75, 3.05) is 11.6 Å². The van der Waals surface area contributed by atoms with E-state index in [1.165, 1.54) is 19.1 Å². The number of halogens is 3. The van der Waals surface area contributed by atoms with Gasteiger partial charge in [-0.1, -0.05) is 17.7 Å². The van der Waals surface area contributed by atoms with Crippen molar-refractivity contribution in [1.82, 2.24) is 0 Å². The van der Waals surface area contributed by atoms with E-state index in [2.05, 4.69) is 0 Å². The maximum absolute atomic E-state index is 13.6. The molecule has 0 bridgehead atoms. The number of carbonyl (C=O) groups excluding carboxylic acids is 2. The molecule has 0 fully saturated rings. The highest BCUT2D eigenvalue weighted by Crippen LogP contribution is 2.23. The third-order valence-corrected chi connectivity index (χ3v) is 5.01. The van der Waals surface area contributed by atoms with Crippen LogP contribution in [-0.2, 0) is 19.4 Å². The molecule has 0 aliphatic carbocycles. The van der Waals surface area contributed by atoms with Crippen LogP contribution in [0.2, 0.25) is 5.02 Å². The molecule has 1 atom stereocenters. The molecule has 0 saturated heterocycles. The maximum atomic E-state index is 13.6. The second-order valence-electron chi connectivity index (χ2n) is 5.55. The van der Waals surface area contributed by atoms with Crippen LogP contribution in [0.1, 0.15) is 17.3 Å². The Kier molecular flexibility index (Phi) is 6.17. The first-order valence-electron chi connectivity index (χ1n) is 7.46. The van der Waals surface area contributed by atoms with Gasteiger partial charge in [-0.2, -0.15) is 0 Å². The number of hydrogen-bond acceptors (Lipinski definition) is 5. The largest absolute Gasteiger partial charge is 0.449 e. The van der Waals surface area contributed by atoms with E-state index in [0.717, 1.165) is 30.5 Å². The van der Waals surface area contributed by atoms with E-state index < -0.39 is 45.1 Å². The van der Waals surface area contributed by atoms with E-state index >= 15 is 0 Å². The fourth-order valence-corrected chi connectivity index (χ4v) is 3.34. The molecule has 10 heteroatoms. The molecule has 0 radical (unpaired) electrons. The van der Waals surface area contributed by atoms with Crippen molar-refractivity contribution < 1.29 is 31.5 Å².